The molecule has 2 rings (SSSR count). The number of aryl methyl sites for hydroxylation is 1. The van der Waals surface area contributed by atoms with Crippen LogP contribution in [0.25, 0.3) is 0 Å². The second-order valence-electron chi connectivity index (χ2n) is 7.37. The van der Waals surface area contributed by atoms with E-state index in [1.807, 2.05) is 13.8 Å². The van der Waals surface area contributed by atoms with E-state index in [4.69, 9.17) is 4.74 Å². The van der Waals surface area contributed by atoms with Crippen molar-refractivity contribution in [3.8, 4) is 0 Å². The van der Waals surface area contributed by atoms with Crippen LogP contribution >= 0.6 is 0 Å². The van der Waals surface area contributed by atoms with Crippen LogP contribution in [0.1, 0.15) is 65.7 Å². The molecule has 1 saturated heterocycles. The Morgan fingerprint density at radius 2 is 1.93 bits per heavy atom. The lowest BCUT2D eigenvalue weighted by Gasteiger charge is -2.33. The maximum Gasteiger partial charge on any atom is 0.355 e. The summed E-state index contributed by atoms with van der Waals surface area (Å²) in [5, 5.41) is 0. The molecule has 0 saturated carbocycles. The van der Waals surface area contributed by atoms with Crippen LogP contribution in [-0.4, -0.2) is 66.2 Å². The number of esters is 1. The maximum absolute atomic E-state index is 12.7. The van der Waals surface area contributed by atoms with Gasteiger partial charge in [-0.2, -0.15) is 0 Å². The first-order valence-corrected chi connectivity index (χ1v) is 11.2. The Bertz CT molecular complexity index is 886. The van der Waals surface area contributed by atoms with E-state index in [9.17, 15) is 22.8 Å². The van der Waals surface area contributed by atoms with Gasteiger partial charge in [-0.1, -0.05) is 6.92 Å². The summed E-state index contributed by atoms with van der Waals surface area (Å²) in [6.45, 7) is 8.04. The van der Waals surface area contributed by atoms with Crippen molar-refractivity contribution in [1.29, 1.82) is 0 Å². The first-order chi connectivity index (χ1) is 13.0. The number of H-pyrrole nitrogens is 1. The van der Waals surface area contributed by atoms with Crippen molar-refractivity contribution in [2.24, 2.45) is 0 Å². The molecule has 0 bridgehead atoms. The third-order valence-electron chi connectivity index (χ3n) is 5.28. The number of ketones is 1. The Labute approximate surface area is 165 Å². The quantitative estimate of drug-likeness (QED) is 0.540. The third-order valence-corrected chi connectivity index (χ3v) is 7.03. The number of ether oxygens (including phenoxy) is 1. The van der Waals surface area contributed by atoms with Gasteiger partial charge < -0.3 is 14.6 Å². The molecule has 9 heteroatoms. The molecule has 1 aromatic rings. The first-order valence-electron chi connectivity index (χ1n) is 9.37. The molecular weight excluding hydrogens is 384 g/mol. The molecular formula is C19H28N2O6S. The van der Waals surface area contributed by atoms with E-state index in [1.54, 1.807) is 13.8 Å². The van der Waals surface area contributed by atoms with E-state index in [0.717, 1.165) is 0 Å². The molecule has 1 aliphatic heterocycles. The van der Waals surface area contributed by atoms with Crippen molar-refractivity contribution < 1.29 is 27.5 Å². The zero-order valence-electron chi connectivity index (χ0n) is 17.0. The molecule has 156 valence electrons. The van der Waals surface area contributed by atoms with Gasteiger partial charge >= 0.3 is 5.97 Å². The molecule has 0 unspecified atom stereocenters. The van der Waals surface area contributed by atoms with Crippen LogP contribution in [0.2, 0.25) is 0 Å². The monoisotopic (exact) mass is 412 g/mol. The van der Waals surface area contributed by atoms with Gasteiger partial charge in [-0.25, -0.2) is 13.2 Å². The lowest BCUT2D eigenvalue weighted by Crippen LogP contribution is -2.48. The normalized spacial score (nSPS) is 19.2. The van der Waals surface area contributed by atoms with E-state index in [-0.39, 0.29) is 29.0 Å². The van der Waals surface area contributed by atoms with Crippen molar-refractivity contribution in [3.63, 3.8) is 0 Å². The maximum atomic E-state index is 12.7. The van der Waals surface area contributed by atoms with E-state index in [2.05, 4.69) is 4.98 Å². The Kier molecular flexibility index (Phi) is 6.69. The van der Waals surface area contributed by atoms with Gasteiger partial charge in [0.05, 0.1) is 11.5 Å². The largest absolute Gasteiger partial charge is 0.451 e. The van der Waals surface area contributed by atoms with Crippen molar-refractivity contribution >= 4 is 27.5 Å². The van der Waals surface area contributed by atoms with Gasteiger partial charge in [-0.15, -0.1) is 0 Å². The van der Waals surface area contributed by atoms with Crippen LogP contribution < -0.4 is 0 Å². The number of rotatable bonds is 7. The standard InChI is InChI=1S/C19H28N2O6S/c1-6-11(2)21(15-7-8-28(25,26)10-15)16(23)9-27-19(24)18-12(3)17(14(5)22)13(4)20-18/h11,15,20H,6-10H2,1-5H3/t11-,15+/m0/s1. The van der Waals surface area contributed by atoms with Crippen molar-refractivity contribution in [3.05, 3.63) is 22.5 Å². The number of Topliss-reactive ketones (excluding diaryl/α,β-unsaturated/α-hetero) is 1. The lowest BCUT2D eigenvalue weighted by molar-refractivity contribution is -0.138. The second kappa shape index (κ2) is 8.46. The number of aromatic amines is 1. The fourth-order valence-electron chi connectivity index (χ4n) is 3.76. The molecule has 0 aromatic carbocycles. The SMILES string of the molecule is CC[C@H](C)N(C(=O)COC(=O)c1[nH]c(C)c(C(C)=O)c1C)[C@@H]1CCS(=O)(=O)C1. The molecule has 8 nitrogen and oxygen atoms in total. The summed E-state index contributed by atoms with van der Waals surface area (Å²) in [5.41, 5.74) is 1.65. The summed E-state index contributed by atoms with van der Waals surface area (Å²) in [6.07, 6.45) is 1.05. The minimum absolute atomic E-state index is 0.0616. The fourth-order valence-corrected chi connectivity index (χ4v) is 5.47. The number of carbonyl (C=O) groups is 3. The van der Waals surface area contributed by atoms with Gasteiger partial charge in [0.1, 0.15) is 5.69 Å². The van der Waals surface area contributed by atoms with Crippen LogP contribution in [-0.2, 0) is 19.4 Å². The molecule has 1 amide bonds. The van der Waals surface area contributed by atoms with Gasteiger partial charge in [-0.05, 0) is 46.1 Å². The lowest BCUT2D eigenvalue weighted by atomic mass is 10.1. The van der Waals surface area contributed by atoms with Gasteiger partial charge in [0, 0.05) is 23.3 Å². The summed E-state index contributed by atoms with van der Waals surface area (Å²) in [7, 11) is -3.14. The summed E-state index contributed by atoms with van der Waals surface area (Å²) >= 11 is 0. The fraction of sp³-hybridized carbons (Fsp3) is 0.632. The minimum atomic E-state index is -3.14. The molecule has 28 heavy (non-hydrogen) atoms. The topological polar surface area (TPSA) is 114 Å². The van der Waals surface area contributed by atoms with Crippen molar-refractivity contribution in [2.45, 2.75) is 59.5 Å². The highest BCUT2D eigenvalue weighted by Gasteiger charge is 2.37. The zero-order valence-corrected chi connectivity index (χ0v) is 17.8. The number of carbonyl (C=O) groups excluding carboxylic acids is 3. The Hall–Kier alpha value is -2.16. The number of sulfone groups is 1. The molecule has 1 fully saturated rings. The highest BCUT2D eigenvalue weighted by molar-refractivity contribution is 7.91. The van der Waals surface area contributed by atoms with Crippen molar-refractivity contribution in [2.75, 3.05) is 18.1 Å². The van der Waals surface area contributed by atoms with Gasteiger partial charge in [-0.3, -0.25) is 9.59 Å². The molecule has 0 aliphatic carbocycles. The van der Waals surface area contributed by atoms with Gasteiger partial charge in [0.25, 0.3) is 5.91 Å². The molecule has 0 spiro atoms. The predicted molar refractivity (Wildman–Crippen MR) is 104 cm³/mol. The van der Waals surface area contributed by atoms with Crippen LogP contribution in [0.5, 0.6) is 0 Å². The van der Waals surface area contributed by atoms with Crippen LogP contribution in [0, 0.1) is 13.8 Å². The Balaban J connectivity index is 2.11. The number of nitrogens with zero attached hydrogens (tertiary/aromatic N) is 1. The van der Waals surface area contributed by atoms with Crippen LogP contribution in [0.4, 0.5) is 0 Å². The molecule has 1 N–H and O–H groups in total. The van der Waals surface area contributed by atoms with Gasteiger partial charge in [0.2, 0.25) is 0 Å². The summed E-state index contributed by atoms with van der Waals surface area (Å²) in [4.78, 5) is 41.2. The van der Waals surface area contributed by atoms with Crippen LogP contribution in [0.15, 0.2) is 0 Å². The Morgan fingerprint density at radius 1 is 1.29 bits per heavy atom. The number of aromatic nitrogens is 1. The summed E-state index contributed by atoms with van der Waals surface area (Å²) < 4.78 is 28.8. The van der Waals surface area contributed by atoms with E-state index < -0.39 is 34.4 Å². The number of nitrogens with one attached hydrogen (secondary N) is 1. The summed E-state index contributed by atoms with van der Waals surface area (Å²) in [6, 6.07) is -0.562. The molecule has 1 aromatic heterocycles. The third kappa shape index (κ3) is 4.63. The Morgan fingerprint density at radius 3 is 2.39 bits per heavy atom. The van der Waals surface area contributed by atoms with E-state index in [0.29, 0.717) is 29.7 Å². The minimum Gasteiger partial charge on any atom is -0.451 e. The first kappa shape index (κ1) is 22.1. The molecule has 2 atom stereocenters. The van der Waals surface area contributed by atoms with Gasteiger partial charge in [0.15, 0.2) is 22.2 Å². The van der Waals surface area contributed by atoms with E-state index in [1.165, 1.54) is 11.8 Å². The smallest absolute Gasteiger partial charge is 0.355 e. The highest BCUT2D eigenvalue weighted by atomic mass is 32.2. The average Bonchev–Trinajstić information content (AvgIpc) is 3.11. The molecule has 1 aliphatic rings. The van der Waals surface area contributed by atoms with Crippen molar-refractivity contribution in [1.82, 2.24) is 9.88 Å². The number of hydrogen-bond donors (Lipinski definition) is 1. The average molecular weight is 413 g/mol. The number of amides is 1. The van der Waals surface area contributed by atoms with E-state index >= 15 is 0 Å². The van der Waals surface area contributed by atoms with Crippen LogP contribution in [0.3, 0.4) is 0 Å². The molecule has 2 heterocycles. The zero-order chi connectivity index (χ0) is 21.2. The predicted octanol–water partition coefficient (Wildman–Crippen LogP) is 1.81. The second-order valence-corrected chi connectivity index (χ2v) is 9.60. The molecule has 0 radical (unpaired) electrons. The number of hydrogen-bond acceptors (Lipinski definition) is 6. The summed E-state index contributed by atoms with van der Waals surface area (Å²) in [5.74, 6) is -1.30. The highest BCUT2D eigenvalue weighted by Crippen LogP contribution is 2.22.